The molecule has 1 amide bonds. The molecule has 1 aromatic rings. The number of likely N-dealkylation sites (N-methyl/N-ethyl adjacent to an activating group) is 1. The van der Waals surface area contributed by atoms with Crippen molar-refractivity contribution in [3.63, 3.8) is 0 Å². The zero-order valence-electron chi connectivity index (χ0n) is 10.7. The van der Waals surface area contributed by atoms with Crippen LogP contribution in [0.3, 0.4) is 0 Å². The van der Waals surface area contributed by atoms with Gasteiger partial charge in [0.05, 0.1) is 13.2 Å². The Bertz CT molecular complexity index is 366. The zero-order chi connectivity index (χ0) is 12.7. The molecule has 0 aliphatic heterocycles. The van der Waals surface area contributed by atoms with Crippen LogP contribution in [-0.4, -0.2) is 38.1 Å². The lowest BCUT2D eigenvalue weighted by molar-refractivity contribution is -0.127. The first-order valence-electron chi connectivity index (χ1n) is 5.73. The Morgan fingerprint density at radius 2 is 2.24 bits per heavy atom. The molecule has 4 nitrogen and oxygen atoms in total. The predicted molar refractivity (Wildman–Crippen MR) is 69.0 cm³/mol. The number of anilines is 1. The number of amides is 1. The van der Waals surface area contributed by atoms with Crippen molar-refractivity contribution < 1.29 is 9.53 Å². The second-order valence-corrected chi connectivity index (χ2v) is 3.89. The number of rotatable bonds is 6. The van der Waals surface area contributed by atoms with E-state index in [9.17, 15) is 4.79 Å². The van der Waals surface area contributed by atoms with Gasteiger partial charge in [-0.15, -0.1) is 0 Å². The first-order valence-corrected chi connectivity index (χ1v) is 5.73. The van der Waals surface area contributed by atoms with E-state index in [-0.39, 0.29) is 5.91 Å². The highest BCUT2D eigenvalue weighted by Gasteiger charge is 2.05. The molecule has 1 N–H and O–H groups in total. The zero-order valence-corrected chi connectivity index (χ0v) is 10.7. The van der Waals surface area contributed by atoms with Gasteiger partial charge in [0.25, 0.3) is 0 Å². The summed E-state index contributed by atoms with van der Waals surface area (Å²) in [5.74, 6) is 0.0876. The summed E-state index contributed by atoms with van der Waals surface area (Å²) in [6.07, 6.45) is 0. The van der Waals surface area contributed by atoms with Crippen molar-refractivity contribution in [2.75, 3.05) is 32.6 Å². The molecule has 0 unspecified atom stereocenters. The van der Waals surface area contributed by atoms with Crippen LogP contribution in [-0.2, 0) is 16.1 Å². The maximum atomic E-state index is 11.6. The highest BCUT2D eigenvalue weighted by Crippen LogP contribution is 2.11. The lowest BCUT2D eigenvalue weighted by Crippen LogP contribution is -2.31. The van der Waals surface area contributed by atoms with E-state index in [1.54, 1.807) is 19.1 Å². The van der Waals surface area contributed by atoms with Crippen molar-refractivity contribution in [1.29, 1.82) is 0 Å². The van der Waals surface area contributed by atoms with Gasteiger partial charge >= 0.3 is 0 Å². The molecule has 0 bridgehead atoms. The molecule has 1 rings (SSSR count). The summed E-state index contributed by atoms with van der Waals surface area (Å²) in [5.41, 5.74) is 2.03. The molecule has 0 saturated heterocycles. The Labute approximate surface area is 103 Å². The van der Waals surface area contributed by atoms with Gasteiger partial charge in [-0.2, -0.15) is 0 Å². The van der Waals surface area contributed by atoms with Crippen molar-refractivity contribution >= 4 is 11.6 Å². The van der Waals surface area contributed by atoms with Gasteiger partial charge in [0.1, 0.15) is 0 Å². The Morgan fingerprint density at radius 3 is 2.88 bits per heavy atom. The monoisotopic (exact) mass is 236 g/mol. The molecule has 0 aliphatic rings. The van der Waals surface area contributed by atoms with Crippen LogP contribution >= 0.6 is 0 Å². The number of hydrogen-bond donors (Lipinski definition) is 1. The van der Waals surface area contributed by atoms with Crippen molar-refractivity contribution in [1.82, 2.24) is 4.90 Å². The van der Waals surface area contributed by atoms with Crippen LogP contribution in [0.15, 0.2) is 24.3 Å². The third-order valence-electron chi connectivity index (χ3n) is 2.58. The molecule has 0 aliphatic carbocycles. The molecule has 1 aromatic carbocycles. The third-order valence-corrected chi connectivity index (χ3v) is 2.58. The Hall–Kier alpha value is -1.55. The maximum Gasteiger partial charge on any atom is 0.241 e. The molecule has 0 saturated carbocycles. The van der Waals surface area contributed by atoms with Crippen molar-refractivity contribution in [2.45, 2.75) is 13.5 Å². The summed E-state index contributed by atoms with van der Waals surface area (Å²) in [7, 11) is 3.46. The van der Waals surface area contributed by atoms with E-state index in [0.717, 1.165) is 17.8 Å². The van der Waals surface area contributed by atoms with Crippen LogP contribution in [0, 0.1) is 0 Å². The molecule has 0 aromatic heterocycles. The number of nitrogens with one attached hydrogen (secondary N) is 1. The van der Waals surface area contributed by atoms with Gasteiger partial charge in [-0.3, -0.25) is 4.79 Å². The van der Waals surface area contributed by atoms with Crippen molar-refractivity contribution in [3.8, 4) is 0 Å². The SMILES string of the molecule is CCN(C)C(=O)CNc1cccc(COC)c1. The second kappa shape index (κ2) is 6.91. The van der Waals surface area contributed by atoms with Gasteiger partial charge in [-0.25, -0.2) is 0 Å². The summed E-state index contributed by atoms with van der Waals surface area (Å²) >= 11 is 0. The summed E-state index contributed by atoms with van der Waals surface area (Å²) in [6.45, 7) is 3.58. The number of benzene rings is 1. The first-order chi connectivity index (χ1) is 8.17. The second-order valence-electron chi connectivity index (χ2n) is 3.89. The Kier molecular flexibility index (Phi) is 5.49. The summed E-state index contributed by atoms with van der Waals surface area (Å²) in [6, 6.07) is 7.88. The third kappa shape index (κ3) is 4.44. The topological polar surface area (TPSA) is 41.6 Å². The average molecular weight is 236 g/mol. The van der Waals surface area contributed by atoms with E-state index >= 15 is 0 Å². The molecule has 0 atom stereocenters. The van der Waals surface area contributed by atoms with E-state index in [0.29, 0.717) is 13.2 Å². The van der Waals surface area contributed by atoms with E-state index in [1.807, 2.05) is 31.2 Å². The molecular weight excluding hydrogens is 216 g/mol. The van der Waals surface area contributed by atoms with Crippen LogP contribution in [0.2, 0.25) is 0 Å². The van der Waals surface area contributed by atoms with Gasteiger partial charge < -0.3 is 15.0 Å². The number of hydrogen-bond acceptors (Lipinski definition) is 3. The lowest BCUT2D eigenvalue weighted by Gasteiger charge is -2.15. The van der Waals surface area contributed by atoms with Gasteiger partial charge in [-0.1, -0.05) is 12.1 Å². The van der Waals surface area contributed by atoms with Gasteiger partial charge in [0.2, 0.25) is 5.91 Å². The smallest absolute Gasteiger partial charge is 0.241 e. The Morgan fingerprint density at radius 1 is 1.47 bits per heavy atom. The van der Waals surface area contributed by atoms with E-state index in [4.69, 9.17) is 4.74 Å². The fourth-order valence-electron chi connectivity index (χ4n) is 1.43. The number of ether oxygens (including phenoxy) is 1. The minimum absolute atomic E-state index is 0.0876. The van der Waals surface area contributed by atoms with E-state index < -0.39 is 0 Å². The average Bonchev–Trinajstić information content (AvgIpc) is 2.36. The quantitative estimate of drug-likeness (QED) is 0.817. The van der Waals surface area contributed by atoms with Gasteiger partial charge in [0, 0.05) is 26.4 Å². The fraction of sp³-hybridized carbons (Fsp3) is 0.462. The number of carbonyl (C=O) groups is 1. The molecule has 0 radical (unpaired) electrons. The van der Waals surface area contributed by atoms with Gasteiger partial charge in [0.15, 0.2) is 0 Å². The van der Waals surface area contributed by atoms with E-state index in [1.165, 1.54) is 0 Å². The first kappa shape index (κ1) is 13.5. The number of methoxy groups -OCH3 is 1. The van der Waals surface area contributed by atoms with Crippen LogP contribution in [0.1, 0.15) is 12.5 Å². The Balaban J connectivity index is 2.51. The van der Waals surface area contributed by atoms with E-state index in [2.05, 4.69) is 5.32 Å². The molecule has 4 heteroatoms. The summed E-state index contributed by atoms with van der Waals surface area (Å²) in [5, 5.41) is 3.11. The molecule has 0 fully saturated rings. The molecule has 94 valence electrons. The summed E-state index contributed by atoms with van der Waals surface area (Å²) < 4.78 is 5.06. The fourth-order valence-corrected chi connectivity index (χ4v) is 1.43. The standard InChI is InChI=1S/C13H20N2O2/c1-4-15(2)13(16)9-14-12-7-5-6-11(8-12)10-17-3/h5-8,14H,4,9-10H2,1-3H3. The highest BCUT2D eigenvalue weighted by atomic mass is 16.5. The van der Waals surface area contributed by atoms with Crippen LogP contribution in [0.4, 0.5) is 5.69 Å². The number of nitrogens with zero attached hydrogens (tertiary/aromatic N) is 1. The normalized spacial score (nSPS) is 10.1. The largest absolute Gasteiger partial charge is 0.380 e. The lowest BCUT2D eigenvalue weighted by atomic mass is 10.2. The minimum Gasteiger partial charge on any atom is -0.380 e. The summed E-state index contributed by atoms with van der Waals surface area (Å²) in [4.78, 5) is 13.3. The molecule has 0 heterocycles. The maximum absolute atomic E-state index is 11.6. The van der Waals surface area contributed by atoms with Gasteiger partial charge in [-0.05, 0) is 24.6 Å². The van der Waals surface area contributed by atoms with Crippen molar-refractivity contribution in [3.05, 3.63) is 29.8 Å². The van der Waals surface area contributed by atoms with Crippen LogP contribution in [0.25, 0.3) is 0 Å². The van der Waals surface area contributed by atoms with Crippen molar-refractivity contribution in [2.24, 2.45) is 0 Å². The molecule has 0 spiro atoms. The highest BCUT2D eigenvalue weighted by molar-refractivity contribution is 5.80. The number of carbonyl (C=O) groups excluding carboxylic acids is 1. The van der Waals surface area contributed by atoms with Crippen LogP contribution < -0.4 is 5.32 Å². The molecular formula is C13H20N2O2. The molecule has 17 heavy (non-hydrogen) atoms. The minimum atomic E-state index is 0.0876. The van der Waals surface area contributed by atoms with Crippen LogP contribution in [0.5, 0.6) is 0 Å². The predicted octanol–water partition coefficient (Wildman–Crippen LogP) is 1.72.